The summed E-state index contributed by atoms with van der Waals surface area (Å²) < 4.78 is 5.99. The molecule has 0 saturated carbocycles. The van der Waals surface area contributed by atoms with Gasteiger partial charge in [-0.3, -0.25) is 9.79 Å². The Kier molecular flexibility index (Phi) is 7.78. The lowest BCUT2D eigenvalue weighted by Crippen LogP contribution is -2.38. The van der Waals surface area contributed by atoms with E-state index in [0.717, 1.165) is 23.1 Å². The number of aromatic nitrogens is 4. The zero-order valence-corrected chi connectivity index (χ0v) is 19.9. The van der Waals surface area contributed by atoms with Crippen LogP contribution in [-0.2, 0) is 13.1 Å². The monoisotopic (exact) mass is 499 g/mol. The molecule has 184 valence electrons. The minimum absolute atomic E-state index is 0.0716. The van der Waals surface area contributed by atoms with Gasteiger partial charge >= 0.3 is 0 Å². The molecule has 0 spiro atoms. The largest absolute Gasteiger partial charge is 0.495 e. The molecule has 1 saturated heterocycles. The van der Waals surface area contributed by atoms with Crippen LogP contribution >= 0.6 is 11.6 Å². The summed E-state index contributed by atoms with van der Waals surface area (Å²) in [7, 11) is 1.54. The van der Waals surface area contributed by atoms with Gasteiger partial charge in [0.15, 0.2) is 5.49 Å². The Labute approximate surface area is 206 Å². The molecule has 4 rings (SSSR count). The maximum Gasteiger partial charge on any atom is 0.257 e. The molecule has 12 heteroatoms. The first-order valence-corrected chi connectivity index (χ1v) is 11.5. The van der Waals surface area contributed by atoms with Gasteiger partial charge < -0.3 is 25.3 Å². The van der Waals surface area contributed by atoms with Gasteiger partial charge in [-0.2, -0.15) is 9.71 Å². The number of aliphatic hydroxyl groups excluding tert-OH is 1. The minimum atomic E-state index is -0.494. The molecule has 0 radical (unpaired) electrons. The van der Waals surface area contributed by atoms with Crippen molar-refractivity contribution < 1.29 is 19.8 Å². The third-order valence-electron chi connectivity index (χ3n) is 5.65. The van der Waals surface area contributed by atoms with Crippen LogP contribution in [0.3, 0.4) is 0 Å². The van der Waals surface area contributed by atoms with E-state index >= 15 is 0 Å². The zero-order chi connectivity index (χ0) is 24.8. The van der Waals surface area contributed by atoms with Crippen LogP contribution in [0.5, 0.6) is 5.75 Å². The van der Waals surface area contributed by atoms with Crippen LogP contribution in [0.4, 0.5) is 5.95 Å². The van der Waals surface area contributed by atoms with E-state index in [1.165, 1.54) is 13.3 Å². The number of methoxy groups -OCH3 is 1. The van der Waals surface area contributed by atoms with Gasteiger partial charge in [0.05, 0.1) is 44.1 Å². The van der Waals surface area contributed by atoms with Gasteiger partial charge in [-0.25, -0.2) is 9.97 Å². The van der Waals surface area contributed by atoms with E-state index in [9.17, 15) is 15.1 Å². The highest BCUT2D eigenvalue weighted by atomic mass is 35.5. The molecule has 1 amide bonds. The second kappa shape index (κ2) is 11.2. The fraction of sp³-hybridized carbons (Fsp3) is 0.348. The SMILES string of the molecule is COc1ccc(CN=c2nc(N3CCC[C@H]3CO)n(O)cc2C(=O)NCc2ncccn2)cc1Cl. The molecule has 35 heavy (non-hydrogen) atoms. The summed E-state index contributed by atoms with van der Waals surface area (Å²) >= 11 is 6.23. The molecule has 0 aliphatic carbocycles. The Bertz CT molecular complexity index is 1250. The van der Waals surface area contributed by atoms with E-state index in [2.05, 4.69) is 25.3 Å². The van der Waals surface area contributed by atoms with Crippen LogP contribution in [0.15, 0.2) is 47.8 Å². The van der Waals surface area contributed by atoms with Crippen molar-refractivity contribution in [3.05, 3.63) is 70.3 Å². The summed E-state index contributed by atoms with van der Waals surface area (Å²) in [5.74, 6) is 0.697. The molecule has 0 unspecified atom stereocenters. The number of nitrogens with one attached hydrogen (secondary N) is 1. The number of carbonyl (C=O) groups excluding carboxylic acids is 1. The van der Waals surface area contributed by atoms with Crippen molar-refractivity contribution in [2.75, 3.05) is 25.2 Å². The van der Waals surface area contributed by atoms with E-state index in [4.69, 9.17) is 16.3 Å². The van der Waals surface area contributed by atoms with Crippen LogP contribution in [-0.4, -0.2) is 62.2 Å². The zero-order valence-electron chi connectivity index (χ0n) is 19.1. The fourth-order valence-corrected chi connectivity index (χ4v) is 4.14. The van der Waals surface area contributed by atoms with Gasteiger partial charge in [-0.05, 0) is 36.6 Å². The number of halogens is 1. The van der Waals surface area contributed by atoms with E-state index < -0.39 is 5.91 Å². The van der Waals surface area contributed by atoms with Crippen LogP contribution in [0.1, 0.15) is 34.6 Å². The third-order valence-corrected chi connectivity index (χ3v) is 5.94. The Morgan fingerprint density at radius 1 is 1.34 bits per heavy atom. The first-order valence-electron chi connectivity index (χ1n) is 11.1. The number of hydrogen-bond acceptors (Lipinski definition) is 9. The number of amides is 1. The Morgan fingerprint density at radius 3 is 2.86 bits per heavy atom. The number of aliphatic hydroxyl groups is 1. The average Bonchev–Trinajstić information content (AvgIpc) is 3.35. The summed E-state index contributed by atoms with van der Waals surface area (Å²) in [6.07, 6.45) is 6.06. The smallest absolute Gasteiger partial charge is 0.257 e. The number of carbonyl (C=O) groups is 1. The Hall–Kier alpha value is -3.70. The molecule has 1 aromatic carbocycles. The lowest BCUT2D eigenvalue weighted by atomic mass is 10.2. The maximum atomic E-state index is 13.0. The van der Waals surface area contributed by atoms with Crippen molar-refractivity contribution in [1.82, 2.24) is 25.0 Å². The second-order valence-corrected chi connectivity index (χ2v) is 8.33. The molecule has 3 heterocycles. The van der Waals surface area contributed by atoms with Gasteiger partial charge in [0, 0.05) is 18.9 Å². The standard InChI is InChI=1S/C23H26ClN7O4/c1-35-19-6-5-15(10-18(19)24)11-27-21-17(22(33)28-12-20-25-7-3-8-26-20)13-31(34)23(29-21)30-9-2-4-16(30)14-32/h3,5-8,10,13,16,32,34H,2,4,9,11-12,14H2,1H3,(H,28,33)/t16-/m0/s1. The van der Waals surface area contributed by atoms with E-state index in [-0.39, 0.29) is 42.7 Å². The quantitative estimate of drug-likeness (QED) is 0.397. The van der Waals surface area contributed by atoms with Crippen LogP contribution in [0, 0.1) is 0 Å². The molecule has 1 fully saturated rings. The summed E-state index contributed by atoms with van der Waals surface area (Å²) in [5.41, 5.74) is 1.01. The van der Waals surface area contributed by atoms with Crippen molar-refractivity contribution in [3.8, 4) is 5.75 Å². The number of hydrogen-bond donors (Lipinski definition) is 3. The predicted octanol–water partition coefficient (Wildman–Crippen LogP) is 1.56. The van der Waals surface area contributed by atoms with Crippen molar-refractivity contribution in [2.24, 2.45) is 4.99 Å². The average molecular weight is 500 g/mol. The lowest BCUT2D eigenvalue weighted by molar-refractivity contribution is 0.0941. The second-order valence-electron chi connectivity index (χ2n) is 7.93. The van der Waals surface area contributed by atoms with Crippen LogP contribution in [0.2, 0.25) is 5.02 Å². The number of anilines is 1. The Balaban J connectivity index is 1.68. The highest BCUT2D eigenvalue weighted by molar-refractivity contribution is 6.32. The first-order chi connectivity index (χ1) is 17.0. The Morgan fingerprint density at radius 2 is 2.14 bits per heavy atom. The van der Waals surface area contributed by atoms with Crippen molar-refractivity contribution in [3.63, 3.8) is 0 Å². The number of nitrogens with zero attached hydrogens (tertiary/aromatic N) is 6. The molecule has 3 aromatic rings. The highest BCUT2D eigenvalue weighted by Gasteiger charge is 2.28. The molecular weight excluding hydrogens is 474 g/mol. The summed E-state index contributed by atoms with van der Waals surface area (Å²) in [6.45, 7) is 0.831. The third kappa shape index (κ3) is 5.69. The van der Waals surface area contributed by atoms with Gasteiger partial charge in [-0.15, -0.1) is 0 Å². The van der Waals surface area contributed by atoms with Gasteiger partial charge in [0.25, 0.3) is 5.91 Å². The molecule has 0 bridgehead atoms. The van der Waals surface area contributed by atoms with Crippen molar-refractivity contribution >= 4 is 23.5 Å². The van der Waals surface area contributed by atoms with Crippen molar-refractivity contribution in [1.29, 1.82) is 0 Å². The molecule has 1 atom stereocenters. The lowest BCUT2D eigenvalue weighted by Gasteiger charge is -2.25. The molecule has 3 N–H and O–H groups in total. The molecule has 11 nitrogen and oxygen atoms in total. The summed E-state index contributed by atoms with van der Waals surface area (Å²) in [5, 5.41) is 23.6. The van der Waals surface area contributed by atoms with E-state index in [1.54, 1.807) is 30.6 Å². The number of rotatable bonds is 8. The van der Waals surface area contributed by atoms with E-state index in [1.807, 2.05) is 11.0 Å². The van der Waals surface area contributed by atoms with Crippen LogP contribution < -0.4 is 20.4 Å². The van der Waals surface area contributed by atoms with Gasteiger partial charge in [-0.1, -0.05) is 17.7 Å². The number of benzene rings is 1. The van der Waals surface area contributed by atoms with Crippen LogP contribution in [0.25, 0.3) is 0 Å². The molecular formula is C23H26ClN7O4. The highest BCUT2D eigenvalue weighted by Crippen LogP contribution is 2.25. The molecule has 1 aliphatic rings. The number of ether oxygens (including phenoxy) is 1. The maximum absolute atomic E-state index is 13.0. The topological polar surface area (TPSA) is 138 Å². The normalized spacial score (nSPS) is 15.9. The van der Waals surface area contributed by atoms with E-state index in [0.29, 0.717) is 23.1 Å². The summed E-state index contributed by atoms with van der Waals surface area (Å²) in [6, 6.07) is 6.79. The fourth-order valence-electron chi connectivity index (χ4n) is 3.86. The first kappa shape index (κ1) is 24.4. The molecule has 2 aromatic heterocycles. The molecule has 1 aliphatic heterocycles. The van der Waals surface area contributed by atoms with Crippen molar-refractivity contribution in [2.45, 2.75) is 32.0 Å². The predicted molar refractivity (Wildman–Crippen MR) is 127 cm³/mol. The minimum Gasteiger partial charge on any atom is -0.495 e. The van der Waals surface area contributed by atoms with Gasteiger partial charge in [0.1, 0.15) is 17.1 Å². The van der Waals surface area contributed by atoms with Gasteiger partial charge in [0.2, 0.25) is 5.95 Å². The summed E-state index contributed by atoms with van der Waals surface area (Å²) in [4.78, 5) is 32.1.